The molecule has 1 N–H and O–H groups in total. The third-order valence-electron chi connectivity index (χ3n) is 2.17. The van der Waals surface area contributed by atoms with Gasteiger partial charge >= 0.3 is 0 Å². The molecule has 0 bridgehead atoms. The molecule has 0 aromatic rings. The Kier molecular flexibility index (Phi) is 6.21. The van der Waals surface area contributed by atoms with Crippen molar-refractivity contribution in [1.29, 1.82) is 0 Å². The average Bonchev–Trinajstić information content (AvgIpc) is 2.13. The maximum Gasteiger partial charge on any atom is 0.246 e. The van der Waals surface area contributed by atoms with Gasteiger partial charge in [-0.15, -0.1) is 0 Å². The van der Waals surface area contributed by atoms with Gasteiger partial charge in [0.15, 0.2) is 0 Å². The molecule has 0 spiro atoms. The molecule has 3 heteroatoms. The number of hydrogen-bond donors (Lipinski definition) is 1. The van der Waals surface area contributed by atoms with Gasteiger partial charge in [0.2, 0.25) is 5.91 Å². The van der Waals surface area contributed by atoms with E-state index in [1.807, 2.05) is 6.08 Å². The first kappa shape index (κ1) is 13.2. The molecular weight excluding hydrogens is 178 g/mol. The van der Waals surface area contributed by atoms with Gasteiger partial charge in [-0.3, -0.25) is 4.79 Å². The van der Waals surface area contributed by atoms with Gasteiger partial charge in [-0.1, -0.05) is 32.9 Å². The SMILES string of the molecule is CCC(C)(C)/C=C/CNC(=O)COC. The van der Waals surface area contributed by atoms with Crippen LogP contribution in [-0.2, 0) is 9.53 Å². The van der Waals surface area contributed by atoms with Crippen LogP contribution < -0.4 is 5.32 Å². The van der Waals surface area contributed by atoms with E-state index in [0.717, 1.165) is 6.42 Å². The number of allylic oxidation sites excluding steroid dienone is 1. The summed E-state index contributed by atoms with van der Waals surface area (Å²) in [6.45, 7) is 7.19. The minimum absolute atomic E-state index is 0.0774. The number of carbonyl (C=O) groups excluding carboxylic acids is 1. The minimum atomic E-state index is -0.0774. The van der Waals surface area contributed by atoms with Crippen LogP contribution >= 0.6 is 0 Å². The van der Waals surface area contributed by atoms with Crippen LogP contribution in [-0.4, -0.2) is 26.2 Å². The Morgan fingerprint density at radius 2 is 2.14 bits per heavy atom. The lowest BCUT2D eigenvalue weighted by molar-refractivity contribution is -0.124. The maximum atomic E-state index is 11.0. The number of nitrogens with one attached hydrogen (secondary N) is 1. The lowest BCUT2D eigenvalue weighted by Gasteiger charge is -2.16. The predicted molar refractivity (Wildman–Crippen MR) is 58.1 cm³/mol. The summed E-state index contributed by atoms with van der Waals surface area (Å²) in [6.07, 6.45) is 5.20. The van der Waals surface area contributed by atoms with Gasteiger partial charge in [0, 0.05) is 13.7 Å². The Balaban J connectivity index is 3.68. The molecule has 0 atom stereocenters. The van der Waals surface area contributed by atoms with E-state index in [9.17, 15) is 4.79 Å². The van der Waals surface area contributed by atoms with Gasteiger partial charge in [0.25, 0.3) is 0 Å². The van der Waals surface area contributed by atoms with Crippen molar-refractivity contribution in [3.63, 3.8) is 0 Å². The molecule has 0 fully saturated rings. The van der Waals surface area contributed by atoms with E-state index in [1.165, 1.54) is 7.11 Å². The summed E-state index contributed by atoms with van der Waals surface area (Å²) in [5.41, 5.74) is 0.214. The van der Waals surface area contributed by atoms with E-state index in [-0.39, 0.29) is 17.9 Å². The van der Waals surface area contributed by atoms with Crippen LogP contribution in [0.1, 0.15) is 27.2 Å². The molecule has 14 heavy (non-hydrogen) atoms. The second-order valence-corrected chi connectivity index (χ2v) is 3.98. The fourth-order valence-corrected chi connectivity index (χ4v) is 0.851. The van der Waals surface area contributed by atoms with Crippen molar-refractivity contribution in [1.82, 2.24) is 5.32 Å². The quantitative estimate of drug-likeness (QED) is 0.662. The molecule has 0 unspecified atom stereocenters. The van der Waals surface area contributed by atoms with Crippen LogP contribution in [0.15, 0.2) is 12.2 Å². The van der Waals surface area contributed by atoms with Crippen molar-refractivity contribution < 1.29 is 9.53 Å². The second kappa shape index (κ2) is 6.60. The Hall–Kier alpha value is -0.830. The van der Waals surface area contributed by atoms with Crippen molar-refractivity contribution in [2.24, 2.45) is 5.41 Å². The van der Waals surface area contributed by atoms with Crippen LogP contribution in [0.2, 0.25) is 0 Å². The Morgan fingerprint density at radius 1 is 1.50 bits per heavy atom. The summed E-state index contributed by atoms with van der Waals surface area (Å²) in [5.74, 6) is -0.0774. The van der Waals surface area contributed by atoms with Crippen molar-refractivity contribution in [3.8, 4) is 0 Å². The van der Waals surface area contributed by atoms with Gasteiger partial charge in [0.1, 0.15) is 6.61 Å². The van der Waals surface area contributed by atoms with Crippen LogP contribution in [0, 0.1) is 5.41 Å². The molecule has 0 heterocycles. The fourth-order valence-electron chi connectivity index (χ4n) is 0.851. The Bertz CT molecular complexity index is 197. The van der Waals surface area contributed by atoms with Crippen LogP contribution in [0.5, 0.6) is 0 Å². The van der Waals surface area contributed by atoms with Crippen molar-refractivity contribution in [2.75, 3.05) is 20.3 Å². The number of ether oxygens (including phenoxy) is 1. The molecule has 0 aromatic carbocycles. The van der Waals surface area contributed by atoms with E-state index >= 15 is 0 Å². The molecule has 0 aromatic heterocycles. The van der Waals surface area contributed by atoms with Gasteiger partial charge in [-0.2, -0.15) is 0 Å². The van der Waals surface area contributed by atoms with Gasteiger partial charge in [0.05, 0.1) is 0 Å². The molecule has 0 radical (unpaired) electrons. The summed E-state index contributed by atoms with van der Waals surface area (Å²) in [5, 5.41) is 2.73. The van der Waals surface area contributed by atoms with E-state index in [0.29, 0.717) is 6.54 Å². The number of methoxy groups -OCH3 is 1. The number of rotatable bonds is 6. The van der Waals surface area contributed by atoms with Crippen molar-refractivity contribution in [3.05, 3.63) is 12.2 Å². The zero-order chi connectivity index (χ0) is 11.0. The Morgan fingerprint density at radius 3 is 2.64 bits per heavy atom. The zero-order valence-corrected chi connectivity index (χ0v) is 9.59. The van der Waals surface area contributed by atoms with Crippen LogP contribution in [0.25, 0.3) is 0 Å². The number of hydrogen-bond acceptors (Lipinski definition) is 2. The summed E-state index contributed by atoms with van der Waals surface area (Å²) >= 11 is 0. The summed E-state index contributed by atoms with van der Waals surface area (Å²) in [7, 11) is 1.51. The molecule has 0 aliphatic heterocycles. The summed E-state index contributed by atoms with van der Waals surface area (Å²) in [6, 6.07) is 0. The predicted octanol–water partition coefficient (Wildman–Crippen LogP) is 1.74. The fraction of sp³-hybridized carbons (Fsp3) is 0.727. The molecule has 0 saturated carbocycles. The number of carbonyl (C=O) groups is 1. The maximum absolute atomic E-state index is 11.0. The van der Waals surface area contributed by atoms with Gasteiger partial charge in [-0.05, 0) is 11.8 Å². The molecule has 0 aliphatic carbocycles. The minimum Gasteiger partial charge on any atom is -0.375 e. The van der Waals surface area contributed by atoms with Crippen molar-refractivity contribution >= 4 is 5.91 Å². The first-order chi connectivity index (χ1) is 6.52. The normalized spacial score (nSPS) is 12.0. The zero-order valence-electron chi connectivity index (χ0n) is 9.59. The third-order valence-corrected chi connectivity index (χ3v) is 2.17. The molecule has 0 rings (SSSR count). The highest BCUT2D eigenvalue weighted by molar-refractivity contribution is 5.77. The molecule has 82 valence electrons. The summed E-state index contributed by atoms with van der Waals surface area (Å²) in [4.78, 5) is 11.0. The molecular formula is C11H21NO2. The van der Waals surface area contributed by atoms with Crippen molar-refractivity contribution in [2.45, 2.75) is 27.2 Å². The molecule has 1 amide bonds. The largest absolute Gasteiger partial charge is 0.375 e. The molecule has 0 saturated heterocycles. The van der Waals surface area contributed by atoms with Crippen LogP contribution in [0.3, 0.4) is 0 Å². The highest BCUT2D eigenvalue weighted by atomic mass is 16.5. The van der Waals surface area contributed by atoms with E-state index in [1.54, 1.807) is 0 Å². The molecule has 3 nitrogen and oxygen atoms in total. The highest BCUT2D eigenvalue weighted by Gasteiger charge is 2.08. The summed E-state index contributed by atoms with van der Waals surface area (Å²) < 4.78 is 4.69. The van der Waals surface area contributed by atoms with Crippen LogP contribution in [0.4, 0.5) is 0 Å². The van der Waals surface area contributed by atoms with E-state index < -0.39 is 0 Å². The van der Waals surface area contributed by atoms with Gasteiger partial charge < -0.3 is 10.1 Å². The standard InChI is InChI=1S/C11H21NO2/c1-5-11(2,3)7-6-8-12-10(13)9-14-4/h6-7H,5,8-9H2,1-4H3,(H,12,13)/b7-6+. The topological polar surface area (TPSA) is 38.3 Å². The van der Waals surface area contributed by atoms with Gasteiger partial charge in [-0.25, -0.2) is 0 Å². The highest BCUT2D eigenvalue weighted by Crippen LogP contribution is 2.20. The first-order valence-electron chi connectivity index (χ1n) is 4.95. The van der Waals surface area contributed by atoms with E-state index in [4.69, 9.17) is 0 Å². The smallest absolute Gasteiger partial charge is 0.246 e. The monoisotopic (exact) mass is 199 g/mol. The second-order valence-electron chi connectivity index (χ2n) is 3.98. The molecule has 0 aliphatic rings. The lowest BCUT2D eigenvalue weighted by atomic mass is 9.90. The lowest BCUT2D eigenvalue weighted by Crippen LogP contribution is -2.27. The Labute approximate surface area is 86.5 Å². The average molecular weight is 199 g/mol. The number of amides is 1. The van der Waals surface area contributed by atoms with E-state index in [2.05, 4.69) is 36.9 Å². The third kappa shape index (κ3) is 6.66. The first-order valence-corrected chi connectivity index (χ1v) is 4.95.